The van der Waals surface area contributed by atoms with Crippen LogP contribution in [0.15, 0.2) is 12.3 Å². The molecule has 0 atom stereocenters. The lowest BCUT2D eigenvalue weighted by Gasteiger charge is -2.46. The number of nitrogens with one attached hydrogen (secondary N) is 2. The van der Waals surface area contributed by atoms with E-state index in [2.05, 4.69) is 43.3 Å². The van der Waals surface area contributed by atoms with Crippen molar-refractivity contribution in [2.45, 2.75) is 57.7 Å². The molecule has 2 rings (SSSR count). The Labute approximate surface area is 120 Å². The number of nitrogens with two attached hydrogens (primary N) is 1. The number of nitrogens with zero attached hydrogens (tertiary/aromatic N) is 1. The summed E-state index contributed by atoms with van der Waals surface area (Å²) in [5.41, 5.74) is 6.74. The minimum Gasteiger partial charge on any atom is -0.396 e. The molecule has 0 aliphatic carbocycles. The van der Waals surface area contributed by atoms with Gasteiger partial charge in [0.25, 0.3) is 0 Å². The van der Waals surface area contributed by atoms with Crippen LogP contribution in [0.25, 0.3) is 0 Å². The second kappa shape index (κ2) is 4.84. The molecule has 0 saturated carbocycles. The molecule has 0 aromatic carbocycles. The molecule has 1 aliphatic rings. The van der Waals surface area contributed by atoms with Gasteiger partial charge in [-0.05, 0) is 46.6 Å². The Morgan fingerprint density at radius 1 is 1.32 bits per heavy atom. The first-order valence-corrected chi connectivity index (χ1v) is 7.02. The third kappa shape index (κ3) is 3.74. The monoisotopic (exact) mass is 282 g/mol. The standard InChI is InChI=1S/C14H23ClN4/c1-13(2)6-10(7-14(3,4)19-13)18-12-11(16)5-9(15)8-17-12/h5,8,10,19H,6-7,16H2,1-4H3,(H,17,18). The Balaban J connectivity index is 2.14. The van der Waals surface area contributed by atoms with Gasteiger partial charge in [-0.25, -0.2) is 4.98 Å². The quantitative estimate of drug-likeness (QED) is 0.780. The van der Waals surface area contributed by atoms with E-state index in [1.807, 2.05) is 0 Å². The van der Waals surface area contributed by atoms with Gasteiger partial charge in [0.2, 0.25) is 0 Å². The van der Waals surface area contributed by atoms with Crippen LogP contribution in [0.5, 0.6) is 0 Å². The summed E-state index contributed by atoms with van der Waals surface area (Å²) in [5, 5.41) is 7.68. The molecule has 1 fully saturated rings. The van der Waals surface area contributed by atoms with E-state index in [1.54, 1.807) is 12.3 Å². The van der Waals surface area contributed by atoms with Crippen molar-refractivity contribution in [3.8, 4) is 0 Å². The normalized spacial score (nSPS) is 22.2. The molecular weight excluding hydrogens is 260 g/mol. The molecule has 106 valence electrons. The van der Waals surface area contributed by atoms with E-state index < -0.39 is 0 Å². The molecule has 0 unspecified atom stereocenters. The molecule has 0 radical (unpaired) electrons. The van der Waals surface area contributed by atoms with E-state index >= 15 is 0 Å². The van der Waals surface area contributed by atoms with Gasteiger partial charge in [-0.1, -0.05) is 11.6 Å². The summed E-state index contributed by atoms with van der Waals surface area (Å²) >= 11 is 5.87. The number of rotatable bonds is 2. The Kier molecular flexibility index (Phi) is 3.67. The number of hydrogen-bond donors (Lipinski definition) is 3. The van der Waals surface area contributed by atoms with E-state index in [4.69, 9.17) is 17.3 Å². The van der Waals surface area contributed by atoms with Gasteiger partial charge in [-0.3, -0.25) is 0 Å². The van der Waals surface area contributed by atoms with Gasteiger partial charge in [0.05, 0.1) is 10.7 Å². The zero-order valence-corrected chi connectivity index (χ0v) is 12.8. The van der Waals surface area contributed by atoms with Crippen LogP contribution in [-0.2, 0) is 0 Å². The first-order chi connectivity index (χ1) is 8.67. The third-order valence-corrected chi connectivity index (χ3v) is 3.62. The Hall–Kier alpha value is -1.00. The zero-order valence-electron chi connectivity index (χ0n) is 12.0. The summed E-state index contributed by atoms with van der Waals surface area (Å²) in [4.78, 5) is 4.28. The first kappa shape index (κ1) is 14.4. The number of anilines is 2. The SMILES string of the molecule is CC1(C)CC(Nc2ncc(Cl)cc2N)CC(C)(C)N1. The fourth-order valence-electron chi connectivity index (χ4n) is 3.19. The molecule has 2 heterocycles. The van der Waals surface area contributed by atoms with Gasteiger partial charge in [-0.15, -0.1) is 0 Å². The molecule has 1 aliphatic heterocycles. The second-order valence-corrected chi connectivity index (χ2v) is 7.17. The van der Waals surface area contributed by atoms with E-state index in [0.717, 1.165) is 18.7 Å². The Bertz CT molecular complexity index is 455. The van der Waals surface area contributed by atoms with Crippen molar-refractivity contribution in [3.05, 3.63) is 17.3 Å². The van der Waals surface area contributed by atoms with Crippen LogP contribution < -0.4 is 16.4 Å². The molecule has 1 saturated heterocycles. The number of nitrogen functional groups attached to an aromatic ring is 1. The van der Waals surface area contributed by atoms with Crippen molar-refractivity contribution in [1.29, 1.82) is 0 Å². The van der Waals surface area contributed by atoms with Crippen molar-refractivity contribution in [2.24, 2.45) is 0 Å². The molecule has 19 heavy (non-hydrogen) atoms. The van der Waals surface area contributed by atoms with Crippen molar-refractivity contribution < 1.29 is 0 Å². The maximum atomic E-state index is 5.95. The van der Waals surface area contributed by atoms with Crippen LogP contribution in [0.3, 0.4) is 0 Å². The fraction of sp³-hybridized carbons (Fsp3) is 0.643. The van der Waals surface area contributed by atoms with Crippen molar-refractivity contribution in [3.63, 3.8) is 0 Å². The van der Waals surface area contributed by atoms with Crippen LogP contribution in [0.2, 0.25) is 5.02 Å². The molecular formula is C14H23ClN4. The second-order valence-electron chi connectivity index (χ2n) is 6.73. The summed E-state index contributed by atoms with van der Waals surface area (Å²) in [6.07, 6.45) is 3.68. The summed E-state index contributed by atoms with van der Waals surface area (Å²) in [6.45, 7) is 8.89. The predicted molar refractivity (Wildman–Crippen MR) is 81.6 cm³/mol. The molecule has 4 nitrogen and oxygen atoms in total. The maximum Gasteiger partial charge on any atom is 0.149 e. The Morgan fingerprint density at radius 3 is 2.42 bits per heavy atom. The highest BCUT2D eigenvalue weighted by atomic mass is 35.5. The van der Waals surface area contributed by atoms with E-state index in [-0.39, 0.29) is 11.1 Å². The smallest absolute Gasteiger partial charge is 0.149 e. The number of piperidine rings is 1. The van der Waals surface area contributed by atoms with Crippen molar-refractivity contribution >= 4 is 23.1 Å². The molecule has 0 amide bonds. The van der Waals surface area contributed by atoms with Crippen LogP contribution in [-0.4, -0.2) is 22.1 Å². The third-order valence-electron chi connectivity index (χ3n) is 3.41. The minimum atomic E-state index is 0.0978. The largest absolute Gasteiger partial charge is 0.396 e. The van der Waals surface area contributed by atoms with Crippen molar-refractivity contribution in [2.75, 3.05) is 11.1 Å². The highest BCUT2D eigenvalue weighted by Gasteiger charge is 2.37. The van der Waals surface area contributed by atoms with Crippen LogP contribution in [0.1, 0.15) is 40.5 Å². The summed E-state index contributed by atoms with van der Waals surface area (Å²) in [6, 6.07) is 2.08. The highest BCUT2D eigenvalue weighted by Crippen LogP contribution is 2.31. The van der Waals surface area contributed by atoms with Crippen molar-refractivity contribution in [1.82, 2.24) is 10.3 Å². The van der Waals surface area contributed by atoms with Crippen LogP contribution in [0, 0.1) is 0 Å². The van der Waals surface area contributed by atoms with E-state index in [0.29, 0.717) is 16.8 Å². The number of pyridine rings is 1. The van der Waals surface area contributed by atoms with Crippen LogP contribution in [0.4, 0.5) is 11.5 Å². The average Bonchev–Trinajstić information content (AvgIpc) is 2.17. The number of halogens is 1. The summed E-state index contributed by atoms with van der Waals surface area (Å²) < 4.78 is 0. The summed E-state index contributed by atoms with van der Waals surface area (Å²) in [7, 11) is 0. The first-order valence-electron chi connectivity index (χ1n) is 6.64. The topological polar surface area (TPSA) is 63.0 Å². The highest BCUT2D eigenvalue weighted by molar-refractivity contribution is 6.30. The number of aromatic nitrogens is 1. The average molecular weight is 283 g/mol. The molecule has 0 bridgehead atoms. The maximum absolute atomic E-state index is 5.95. The van der Waals surface area contributed by atoms with Gasteiger partial charge >= 0.3 is 0 Å². The summed E-state index contributed by atoms with van der Waals surface area (Å²) in [5.74, 6) is 0.725. The zero-order chi connectivity index (χ0) is 14.3. The molecule has 5 heteroatoms. The molecule has 4 N–H and O–H groups in total. The minimum absolute atomic E-state index is 0.0978. The molecule has 1 aromatic heterocycles. The fourth-order valence-corrected chi connectivity index (χ4v) is 3.36. The van der Waals surface area contributed by atoms with E-state index in [1.165, 1.54) is 0 Å². The van der Waals surface area contributed by atoms with Gasteiger partial charge in [0, 0.05) is 23.3 Å². The van der Waals surface area contributed by atoms with Gasteiger partial charge in [0.15, 0.2) is 0 Å². The van der Waals surface area contributed by atoms with E-state index in [9.17, 15) is 0 Å². The van der Waals surface area contributed by atoms with Gasteiger partial charge in [-0.2, -0.15) is 0 Å². The number of hydrogen-bond acceptors (Lipinski definition) is 4. The van der Waals surface area contributed by atoms with Gasteiger partial charge < -0.3 is 16.4 Å². The molecule has 0 spiro atoms. The van der Waals surface area contributed by atoms with Gasteiger partial charge in [0.1, 0.15) is 5.82 Å². The lowest BCUT2D eigenvalue weighted by molar-refractivity contribution is 0.170. The predicted octanol–water partition coefficient (Wildman–Crippen LogP) is 3.04. The molecule has 1 aromatic rings. The lowest BCUT2D eigenvalue weighted by atomic mass is 9.79. The lowest BCUT2D eigenvalue weighted by Crippen LogP contribution is -2.60. The van der Waals surface area contributed by atoms with Crippen LogP contribution >= 0.6 is 11.6 Å². The Morgan fingerprint density at radius 2 is 1.89 bits per heavy atom.